The lowest BCUT2D eigenvalue weighted by Crippen LogP contribution is -2.69. The summed E-state index contributed by atoms with van der Waals surface area (Å²) >= 11 is 0. The molecule has 3 fully saturated rings. The topological polar surface area (TPSA) is 29.0 Å². The van der Waals surface area contributed by atoms with Crippen LogP contribution < -0.4 is 4.90 Å². The van der Waals surface area contributed by atoms with Crippen LogP contribution in [-0.4, -0.2) is 22.6 Å². The molecule has 1 aromatic heterocycles. The summed E-state index contributed by atoms with van der Waals surface area (Å²) in [5, 5.41) is 0. The zero-order valence-corrected chi connectivity index (χ0v) is 12.0. The molecule has 0 radical (unpaired) electrons. The van der Waals surface area contributed by atoms with Crippen molar-refractivity contribution in [2.75, 3.05) is 11.4 Å². The number of nitrogens with zero attached hydrogens (tertiary/aromatic N) is 3. The molecule has 0 aromatic carbocycles. The number of rotatable bonds is 3. The zero-order chi connectivity index (χ0) is 13.0. The zero-order valence-electron chi connectivity index (χ0n) is 12.0. The van der Waals surface area contributed by atoms with Gasteiger partial charge in [0.15, 0.2) is 0 Å². The van der Waals surface area contributed by atoms with E-state index >= 15 is 0 Å². The Morgan fingerprint density at radius 1 is 1.32 bits per heavy atom. The van der Waals surface area contributed by atoms with Crippen LogP contribution in [0.5, 0.6) is 0 Å². The minimum Gasteiger partial charge on any atom is -0.352 e. The van der Waals surface area contributed by atoms with Gasteiger partial charge in [-0.2, -0.15) is 0 Å². The molecule has 4 rings (SSSR count). The minimum atomic E-state index is 0.415. The van der Waals surface area contributed by atoms with Crippen molar-refractivity contribution in [3.63, 3.8) is 0 Å². The highest BCUT2D eigenvalue weighted by atomic mass is 15.3. The quantitative estimate of drug-likeness (QED) is 0.831. The Balaban J connectivity index is 1.60. The molecular weight excluding hydrogens is 234 g/mol. The third-order valence-electron chi connectivity index (χ3n) is 5.34. The summed E-state index contributed by atoms with van der Waals surface area (Å²) < 4.78 is 0. The van der Waals surface area contributed by atoms with E-state index in [0.29, 0.717) is 11.3 Å². The molecule has 3 nitrogen and oxygen atoms in total. The second kappa shape index (κ2) is 3.94. The van der Waals surface area contributed by atoms with Crippen molar-refractivity contribution < 1.29 is 0 Å². The van der Waals surface area contributed by atoms with Gasteiger partial charge in [0.2, 0.25) is 0 Å². The molecule has 1 atom stereocenters. The van der Waals surface area contributed by atoms with Gasteiger partial charge in [0.25, 0.3) is 0 Å². The molecular formula is C16H23N3. The summed E-state index contributed by atoms with van der Waals surface area (Å²) in [4.78, 5) is 11.8. The van der Waals surface area contributed by atoms with Crippen molar-refractivity contribution in [1.29, 1.82) is 0 Å². The molecule has 102 valence electrons. The molecule has 19 heavy (non-hydrogen) atoms. The monoisotopic (exact) mass is 257 g/mol. The molecule has 0 amide bonds. The fourth-order valence-electron chi connectivity index (χ4n) is 4.03. The fraction of sp³-hybridized carbons (Fsp3) is 0.750. The van der Waals surface area contributed by atoms with Gasteiger partial charge in [-0.15, -0.1) is 0 Å². The Bertz CT molecular complexity index is 489. The molecule has 1 aliphatic heterocycles. The van der Waals surface area contributed by atoms with Crippen LogP contribution in [0.15, 0.2) is 12.3 Å². The normalized spacial score (nSPS) is 28.4. The second-order valence-electron chi connectivity index (χ2n) is 7.05. The van der Waals surface area contributed by atoms with Crippen LogP contribution in [0.25, 0.3) is 0 Å². The lowest BCUT2D eigenvalue weighted by atomic mass is 9.57. The Labute approximate surface area is 115 Å². The molecule has 2 aliphatic carbocycles. The predicted octanol–water partition coefficient (Wildman–Crippen LogP) is 3.37. The summed E-state index contributed by atoms with van der Waals surface area (Å²) in [5.74, 6) is 3.53. The van der Waals surface area contributed by atoms with Gasteiger partial charge < -0.3 is 4.90 Å². The molecule has 0 bridgehead atoms. The standard InChI is InChI=1S/C16H23N3/c1-11(2)15-17-9-6-13(18-15)19-10-16(7-3-8-16)14(19)12-4-5-12/h6,9,11-12,14H,3-5,7-8,10H2,1-2H3. The summed E-state index contributed by atoms with van der Waals surface area (Å²) in [7, 11) is 0. The highest BCUT2D eigenvalue weighted by molar-refractivity contribution is 5.47. The van der Waals surface area contributed by atoms with Crippen molar-refractivity contribution in [2.45, 2.75) is 57.9 Å². The summed E-state index contributed by atoms with van der Waals surface area (Å²) in [6, 6.07) is 2.89. The maximum absolute atomic E-state index is 4.79. The van der Waals surface area contributed by atoms with E-state index in [1.165, 1.54) is 44.5 Å². The fourth-order valence-corrected chi connectivity index (χ4v) is 4.03. The van der Waals surface area contributed by atoms with Gasteiger partial charge in [-0.05, 0) is 37.7 Å². The molecule has 1 saturated heterocycles. The Hall–Kier alpha value is -1.12. The van der Waals surface area contributed by atoms with Crippen molar-refractivity contribution in [2.24, 2.45) is 11.3 Å². The van der Waals surface area contributed by atoms with Crippen LogP contribution in [0.2, 0.25) is 0 Å². The Kier molecular flexibility index (Phi) is 2.42. The van der Waals surface area contributed by atoms with Gasteiger partial charge in [-0.1, -0.05) is 20.3 Å². The van der Waals surface area contributed by atoms with Crippen LogP contribution in [0.1, 0.15) is 57.7 Å². The predicted molar refractivity (Wildman–Crippen MR) is 76.3 cm³/mol. The van der Waals surface area contributed by atoms with E-state index in [9.17, 15) is 0 Å². The van der Waals surface area contributed by atoms with Gasteiger partial charge in [-0.25, -0.2) is 9.97 Å². The van der Waals surface area contributed by atoms with Crippen molar-refractivity contribution in [3.8, 4) is 0 Å². The largest absolute Gasteiger partial charge is 0.352 e. The maximum atomic E-state index is 4.79. The highest BCUT2D eigenvalue weighted by Gasteiger charge is 2.60. The molecule has 1 spiro atoms. The molecule has 1 unspecified atom stereocenters. The number of aromatic nitrogens is 2. The third kappa shape index (κ3) is 1.70. The average Bonchev–Trinajstić information content (AvgIpc) is 3.10. The van der Waals surface area contributed by atoms with Crippen LogP contribution >= 0.6 is 0 Å². The molecule has 0 N–H and O–H groups in total. The number of hydrogen-bond donors (Lipinski definition) is 0. The third-order valence-corrected chi connectivity index (χ3v) is 5.34. The highest BCUT2D eigenvalue weighted by Crippen LogP contribution is 2.60. The van der Waals surface area contributed by atoms with E-state index in [0.717, 1.165) is 17.8 Å². The van der Waals surface area contributed by atoms with E-state index in [1.54, 1.807) is 0 Å². The average molecular weight is 257 g/mol. The first-order valence-corrected chi connectivity index (χ1v) is 7.79. The van der Waals surface area contributed by atoms with Crippen molar-refractivity contribution in [1.82, 2.24) is 9.97 Å². The number of anilines is 1. The number of hydrogen-bond acceptors (Lipinski definition) is 3. The lowest BCUT2D eigenvalue weighted by Gasteiger charge is -2.63. The van der Waals surface area contributed by atoms with Crippen LogP contribution in [-0.2, 0) is 0 Å². The van der Waals surface area contributed by atoms with Crippen LogP contribution in [0.3, 0.4) is 0 Å². The molecule has 2 heterocycles. The summed E-state index contributed by atoms with van der Waals surface area (Å²) in [5.41, 5.74) is 0.671. The van der Waals surface area contributed by atoms with E-state index < -0.39 is 0 Å². The van der Waals surface area contributed by atoms with Gasteiger partial charge >= 0.3 is 0 Å². The van der Waals surface area contributed by atoms with Gasteiger partial charge in [0.1, 0.15) is 11.6 Å². The maximum Gasteiger partial charge on any atom is 0.133 e. The van der Waals surface area contributed by atoms with Crippen LogP contribution in [0.4, 0.5) is 5.82 Å². The first-order chi connectivity index (χ1) is 9.20. The van der Waals surface area contributed by atoms with E-state index in [4.69, 9.17) is 4.98 Å². The first-order valence-electron chi connectivity index (χ1n) is 7.79. The van der Waals surface area contributed by atoms with Crippen LogP contribution in [0, 0.1) is 11.3 Å². The van der Waals surface area contributed by atoms with Gasteiger partial charge in [-0.3, -0.25) is 0 Å². The van der Waals surface area contributed by atoms with E-state index in [1.807, 2.05) is 6.20 Å². The van der Waals surface area contributed by atoms with Crippen molar-refractivity contribution >= 4 is 5.82 Å². The molecule has 2 saturated carbocycles. The van der Waals surface area contributed by atoms with E-state index in [-0.39, 0.29) is 0 Å². The van der Waals surface area contributed by atoms with E-state index in [2.05, 4.69) is 29.8 Å². The smallest absolute Gasteiger partial charge is 0.133 e. The Morgan fingerprint density at radius 3 is 2.68 bits per heavy atom. The molecule has 3 heteroatoms. The summed E-state index contributed by atoms with van der Waals surface area (Å²) in [6.45, 7) is 5.57. The second-order valence-corrected chi connectivity index (χ2v) is 7.05. The lowest BCUT2D eigenvalue weighted by molar-refractivity contribution is 0.0175. The molecule has 3 aliphatic rings. The van der Waals surface area contributed by atoms with Gasteiger partial charge in [0.05, 0.1) is 0 Å². The van der Waals surface area contributed by atoms with Crippen molar-refractivity contribution in [3.05, 3.63) is 18.1 Å². The van der Waals surface area contributed by atoms with Gasteiger partial charge in [0, 0.05) is 30.1 Å². The summed E-state index contributed by atoms with van der Waals surface area (Å²) in [6.07, 6.45) is 9.15. The Morgan fingerprint density at radius 2 is 2.11 bits per heavy atom. The first kappa shape index (κ1) is 11.7. The molecule has 1 aromatic rings. The SMILES string of the molecule is CC(C)c1nccc(N2CC3(CCC3)C2C2CC2)n1. The minimum absolute atomic E-state index is 0.415.